The number of hydrogen-bond donors (Lipinski definition) is 1. The molecule has 2 heterocycles. The molecule has 1 N–H and O–H groups in total. The second-order valence-electron chi connectivity index (χ2n) is 5.58. The number of anilines is 1. The van der Waals surface area contributed by atoms with Crippen LogP contribution < -0.4 is 5.32 Å². The number of carbonyl (C=O) groups is 1. The third-order valence-electron chi connectivity index (χ3n) is 3.77. The van der Waals surface area contributed by atoms with Gasteiger partial charge < -0.3 is 10.2 Å². The van der Waals surface area contributed by atoms with Gasteiger partial charge in [-0.15, -0.1) is 4.40 Å². The van der Waals surface area contributed by atoms with Crippen LogP contribution in [0.15, 0.2) is 52.1 Å². The van der Waals surface area contributed by atoms with Gasteiger partial charge in [0.25, 0.3) is 15.9 Å². The minimum atomic E-state index is -3.76. The van der Waals surface area contributed by atoms with Crippen LogP contribution in [-0.2, 0) is 10.0 Å². The molecule has 2 aromatic rings. The summed E-state index contributed by atoms with van der Waals surface area (Å²) in [5.74, 6) is 0.150. The molecule has 1 aliphatic rings. The predicted octanol–water partition coefficient (Wildman–Crippen LogP) is 1.54. The van der Waals surface area contributed by atoms with Crippen molar-refractivity contribution < 1.29 is 13.2 Å². The van der Waals surface area contributed by atoms with Gasteiger partial charge in [-0.2, -0.15) is 8.42 Å². The number of nitrogens with one attached hydrogen (secondary N) is 1. The van der Waals surface area contributed by atoms with E-state index in [9.17, 15) is 13.2 Å². The van der Waals surface area contributed by atoms with E-state index in [1.165, 1.54) is 42.9 Å². The number of benzene rings is 1. The largest absolute Gasteiger partial charge is 0.362 e. The highest BCUT2D eigenvalue weighted by molar-refractivity contribution is 7.90. The average molecular weight is 359 g/mol. The molecule has 130 valence electrons. The number of aromatic nitrogens is 2. The minimum Gasteiger partial charge on any atom is -0.362 e. The summed E-state index contributed by atoms with van der Waals surface area (Å²) in [4.78, 5) is 21.7. The van der Waals surface area contributed by atoms with Crippen molar-refractivity contribution in [3.05, 3.63) is 48.5 Å². The summed E-state index contributed by atoms with van der Waals surface area (Å²) in [7, 11) is -1.94. The Labute approximate surface area is 145 Å². The number of carbonyl (C=O) groups excluding carboxylic acids is 1. The normalized spacial score (nSPS) is 16.2. The van der Waals surface area contributed by atoms with Gasteiger partial charge in [-0.25, -0.2) is 4.98 Å². The van der Waals surface area contributed by atoms with Crippen LogP contribution in [0, 0.1) is 0 Å². The molecular weight excluding hydrogens is 342 g/mol. The van der Waals surface area contributed by atoms with Crippen molar-refractivity contribution in [2.75, 3.05) is 18.9 Å². The number of rotatable bonds is 4. The number of sulfonamides is 1. The molecule has 1 aliphatic heterocycles. The van der Waals surface area contributed by atoms with Crippen molar-refractivity contribution >= 4 is 27.5 Å². The maximum absolute atomic E-state index is 12.4. The second kappa shape index (κ2) is 6.98. The van der Waals surface area contributed by atoms with Crippen LogP contribution in [0.2, 0.25) is 0 Å². The first-order chi connectivity index (χ1) is 12.0. The molecule has 0 saturated carbocycles. The molecule has 25 heavy (non-hydrogen) atoms. The smallest absolute Gasteiger partial charge is 0.283 e. The first-order valence-corrected chi connectivity index (χ1v) is 9.12. The summed E-state index contributed by atoms with van der Waals surface area (Å²) in [6, 6.07) is 5.86. The fourth-order valence-corrected chi connectivity index (χ4v) is 3.52. The first kappa shape index (κ1) is 17.0. The van der Waals surface area contributed by atoms with Gasteiger partial charge in [0.05, 0.1) is 11.1 Å². The Kier molecular flexibility index (Phi) is 4.75. The fourth-order valence-electron chi connectivity index (χ4n) is 2.42. The minimum absolute atomic E-state index is 0.0813. The molecule has 0 unspecified atom stereocenters. The van der Waals surface area contributed by atoms with E-state index < -0.39 is 15.9 Å². The predicted molar refractivity (Wildman–Crippen MR) is 92.9 cm³/mol. The van der Waals surface area contributed by atoms with E-state index in [2.05, 4.69) is 19.7 Å². The standard InChI is InChI=1S/C16H17N5O3S/c1-21-10-2-3-15(21)20-25(23,24)13-6-4-12(5-7-13)19-16(22)14-11-17-8-9-18-14/h4-9,11H,2-3,10H2,1H3,(H,19,22)/b20-15-. The molecule has 8 nitrogen and oxygen atoms in total. The summed E-state index contributed by atoms with van der Waals surface area (Å²) >= 11 is 0. The summed E-state index contributed by atoms with van der Waals surface area (Å²) in [6.07, 6.45) is 5.80. The van der Waals surface area contributed by atoms with E-state index in [4.69, 9.17) is 0 Å². The van der Waals surface area contributed by atoms with Crippen LogP contribution >= 0.6 is 0 Å². The Balaban J connectivity index is 1.75. The van der Waals surface area contributed by atoms with Gasteiger partial charge in [0.2, 0.25) is 0 Å². The van der Waals surface area contributed by atoms with Crippen LogP contribution in [0.5, 0.6) is 0 Å². The van der Waals surface area contributed by atoms with Crippen molar-refractivity contribution in [1.82, 2.24) is 14.9 Å². The molecule has 1 fully saturated rings. The maximum atomic E-state index is 12.4. The average Bonchev–Trinajstić information content (AvgIpc) is 3.00. The molecule has 0 bridgehead atoms. The summed E-state index contributed by atoms with van der Waals surface area (Å²) in [5.41, 5.74) is 0.634. The lowest BCUT2D eigenvalue weighted by atomic mass is 10.3. The highest BCUT2D eigenvalue weighted by Gasteiger charge is 2.20. The lowest BCUT2D eigenvalue weighted by Crippen LogP contribution is -2.20. The highest BCUT2D eigenvalue weighted by Crippen LogP contribution is 2.19. The van der Waals surface area contributed by atoms with Crippen LogP contribution in [0.1, 0.15) is 23.3 Å². The summed E-state index contributed by atoms with van der Waals surface area (Å²) in [5, 5.41) is 2.64. The zero-order chi connectivity index (χ0) is 17.9. The number of amides is 1. The Hall–Kier alpha value is -2.81. The van der Waals surface area contributed by atoms with Gasteiger partial charge >= 0.3 is 0 Å². The van der Waals surface area contributed by atoms with Gasteiger partial charge in [0, 0.05) is 38.1 Å². The zero-order valence-corrected chi connectivity index (χ0v) is 14.4. The first-order valence-electron chi connectivity index (χ1n) is 7.68. The van der Waals surface area contributed by atoms with Gasteiger partial charge in [0.1, 0.15) is 11.5 Å². The van der Waals surface area contributed by atoms with E-state index in [-0.39, 0.29) is 10.6 Å². The molecule has 0 aliphatic carbocycles. The number of nitrogens with zero attached hydrogens (tertiary/aromatic N) is 4. The van der Waals surface area contributed by atoms with Crippen LogP contribution in [0.3, 0.4) is 0 Å². The lowest BCUT2D eigenvalue weighted by molar-refractivity contribution is 0.102. The van der Waals surface area contributed by atoms with Gasteiger partial charge in [-0.05, 0) is 30.7 Å². The molecule has 3 rings (SSSR count). The Morgan fingerprint density at radius 1 is 1.24 bits per heavy atom. The van der Waals surface area contributed by atoms with Crippen molar-refractivity contribution in [3.63, 3.8) is 0 Å². The number of amidine groups is 1. The van der Waals surface area contributed by atoms with Crippen molar-refractivity contribution in [3.8, 4) is 0 Å². The van der Waals surface area contributed by atoms with Crippen molar-refractivity contribution in [2.45, 2.75) is 17.7 Å². The van der Waals surface area contributed by atoms with E-state index in [1.54, 1.807) is 0 Å². The second-order valence-corrected chi connectivity index (χ2v) is 7.18. The molecule has 1 saturated heterocycles. The van der Waals surface area contributed by atoms with Crippen LogP contribution in [-0.4, -0.2) is 48.6 Å². The van der Waals surface area contributed by atoms with Gasteiger partial charge in [0.15, 0.2) is 0 Å². The van der Waals surface area contributed by atoms with Crippen molar-refractivity contribution in [2.24, 2.45) is 4.40 Å². The third kappa shape index (κ3) is 4.00. The molecule has 1 aromatic carbocycles. The maximum Gasteiger partial charge on any atom is 0.283 e. The van der Waals surface area contributed by atoms with E-state index in [1.807, 2.05) is 11.9 Å². The lowest BCUT2D eigenvalue weighted by Gasteiger charge is -2.11. The monoisotopic (exact) mass is 359 g/mol. The van der Waals surface area contributed by atoms with Gasteiger partial charge in [-0.1, -0.05) is 0 Å². The molecule has 0 atom stereocenters. The van der Waals surface area contributed by atoms with Gasteiger partial charge in [-0.3, -0.25) is 9.78 Å². The molecule has 9 heteroatoms. The SMILES string of the molecule is CN1CCC/C1=N/S(=O)(=O)c1ccc(NC(=O)c2cnccn2)cc1. The molecular formula is C16H17N5O3S. The Bertz CT molecular complexity index is 895. The quantitative estimate of drug-likeness (QED) is 0.888. The van der Waals surface area contributed by atoms with E-state index in [0.717, 1.165) is 13.0 Å². The summed E-state index contributed by atoms with van der Waals surface area (Å²) in [6.45, 7) is 0.807. The Morgan fingerprint density at radius 3 is 2.60 bits per heavy atom. The topological polar surface area (TPSA) is 105 Å². The molecule has 1 aromatic heterocycles. The number of hydrogen-bond acceptors (Lipinski definition) is 5. The van der Waals surface area contributed by atoms with E-state index in [0.29, 0.717) is 17.9 Å². The zero-order valence-electron chi connectivity index (χ0n) is 13.6. The summed E-state index contributed by atoms with van der Waals surface area (Å²) < 4.78 is 28.6. The molecule has 0 spiro atoms. The number of likely N-dealkylation sites (tertiary alicyclic amines) is 1. The van der Waals surface area contributed by atoms with E-state index >= 15 is 0 Å². The third-order valence-corrected chi connectivity index (χ3v) is 5.08. The highest BCUT2D eigenvalue weighted by atomic mass is 32.2. The molecule has 1 amide bonds. The molecule has 0 radical (unpaired) electrons. The van der Waals surface area contributed by atoms with Crippen LogP contribution in [0.25, 0.3) is 0 Å². The van der Waals surface area contributed by atoms with Crippen molar-refractivity contribution in [1.29, 1.82) is 0 Å². The fraction of sp³-hybridized carbons (Fsp3) is 0.250. The van der Waals surface area contributed by atoms with Crippen LogP contribution in [0.4, 0.5) is 5.69 Å². The Morgan fingerprint density at radius 2 is 2.00 bits per heavy atom.